The second-order valence-corrected chi connectivity index (χ2v) is 14.4. The molecular weight excluding hydrogens is 619 g/mol. The van der Waals surface area contributed by atoms with Gasteiger partial charge in [0.05, 0.1) is 36.0 Å². The number of morpholine rings is 1. The summed E-state index contributed by atoms with van der Waals surface area (Å²) in [5.41, 5.74) is 8.08. The molecule has 4 atom stereocenters. The van der Waals surface area contributed by atoms with Gasteiger partial charge >= 0.3 is 6.18 Å². The van der Waals surface area contributed by atoms with Gasteiger partial charge in [-0.2, -0.15) is 13.2 Å². The number of hydrogen-bond donors (Lipinski definition) is 2. The topological polar surface area (TPSA) is 113 Å². The van der Waals surface area contributed by atoms with E-state index >= 15 is 0 Å². The molecule has 3 aromatic rings. The Morgan fingerprint density at radius 1 is 1.09 bits per heavy atom. The van der Waals surface area contributed by atoms with Gasteiger partial charge in [-0.05, 0) is 72.5 Å². The van der Waals surface area contributed by atoms with E-state index in [1.54, 1.807) is 37.3 Å². The average molecular weight is 660 g/mol. The van der Waals surface area contributed by atoms with E-state index < -0.39 is 33.4 Å². The van der Waals surface area contributed by atoms with Crippen LogP contribution >= 0.6 is 0 Å². The van der Waals surface area contributed by atoms with Gasteiger partial charge in [-0.25, -0.2) is 8.42 Å². The minimum absolute atomic E-state index is 0.00577. The fraction of sp³-hybridized carbons (Fsp3) is 0.441. The maximum atomic E-state index is 13.3. The number of alkyl halides is 3. The molecule has 2 fully saturated rings. The number of ether oxygens (including phenoxy) is 1. The predicted octanol–water partition coefficient (Wildman–Crippen LogP) is 4.81. The summed E-state index contributed by atoms with van der Waals surface area (Å²) in [6.45, 7) is 6.57. The number of halogens is 3. The van der Waals surface area contributed by atoms with Gasteiger partial charge < -0.3 is 20.5 Å². The number of aliphatic hydroxyl groups is 1. The van der Waals surface area contributed by atoms with Crippen LogP contribution in [-0.2, 0) is 20.8 Å². The zero-order chi connectivity index (χ0) is 33.2. The van der Waals surface area contributed by atoms with Crippen molar-refractivity contribution in [2.24, 2.45) is 5.73 Å². The first-order valence-electron chi connectivity index (χ1n) is 15.4. The Bertz CT molecular complexity index is 1630. The lowest BCUT2D eigenvalue weighted by Gasteiger charge is -2.38. The van der Waals surface area contributed by atoms with E-state index in [1.807, 2.05) is 12.1 Å². The van der Waals surface area contributed by atoms with Crippen molar-refractivity contribution < 1.29 is 36.2 Å². The molecule has 3 aromatic carbocycles. The normalized spacial score (nSPS) is 21.8. The van der Waals surface area contributed by atoms with Crippen LogP contribution < -0.4 is 10.6 Å². The standard InChI is InChI=1S/C34H40F3N3O5S/c1-3-46(43,44)29-11-6-24(7-12-29)32(20-41)31-17-27(10-13-30(31)33(38)42)40-18-25(23-4-8-26(9-5-23)34(35,36)37)16-28(40)19-39-14-15-45-21-22(39)2/h4-13,17,22,25,28,32,41H,3,14-16,18-21H2,1-2H3,(H2,38,42)/t22-,25?,28+,32?/m1/s1. The number of sulfone groups is 1. The molecule has 12 heteroatoms. The van der Waals surface area contributed by atoms with Gasteiger partial charge in [0.25, 0.3) is 0 Å². The summed E-state index contributed by atoms with van der Waals surface area (Å²) in [5.74, 6) is -1.40. The Morgan fingerprint density at radius 2 is 1.78 bits per heavy atom. The Kier molecular flexibility index (Phi) is 10.1. The van der Waals surface area contributed by atoms with Crippen molar-refractivity contribution in [3.05, 3.63) is 94.5 Å². The molecule has 46 heavy (non-hydrogen) atoms. The minimum atomic E-state index is -4.42. The number of aliphatic hydroxyl groups excluding tert-OH is 1. The predicted molar refractivity (Wildman–Crippen MR) is 170 cm³/mol. The van der Waals surface area contributed by atoms with Gasteiger partial charge in [0.15, 0.2) is 9.84 Å². The summed E-state index contributed by atoms with van der Waals surface area (Å²) in [7, 11) is -3.42. The van der Waals surface area contributed by atoms with Gasteiger partial charge in [-0.3, -0.25) is 9.69 Å². The van der Waals surface area contributed by atoms with Crippen molar-refractivity contribution in [1.29, 1.82) is 0 Å². The van der Waals surface area contributed by atoms with Crippen LogP contribution in [0.3, 0.4) is 0 Å². The first kappa shape index (κ1) is 33.9. The molecule has 248 valence electrons. The van der Waals surface area contributed by atoms with E-state index in [0.717, 1.165) is 29.9 Å². The largest absolute Gasteiger partial charge is 0.416 e. The molecule has 2 saturated heterocycles. The highest BCUT2D eigenvalue weighted by Crippen LogP contribution is 2.39. The summed E-state index contributed by atoms with van der Waals surface area (Å²) in [6.07, 6.45) is -3.71. The second-order valence-electron chi connectivity index (χ2n) is 12.1. The van der Waals surface area contributed by atoms with Crippen LogP contribution in [0.2, 0.25) is 0 Å². The molecule has 0 bridgehead atoms. The van der Waals surface area contributed by atoms with Crippen molar-refractivity contribution in [3.63, 3.8) is 0 Å². The number of benzene rings is 3. The van der Waals surface area contributed by atoms with E-state index in [-0.39, 0.29) is 40.8 Å². The van der Waals surface area contributed by atoms with E-state index in [2.05, 4.69) is 16.7 Å². The van der Waals surface area contributed by atoms with E-state index in [1.165, 1.54) is 12.1 Å². The Morgan fingerprint density at radius 3 is 2.37 bits per heavy atom. The lowest BCUT2D eigenvalue weighted by atomic mass is 9.88. The Labute approximate surface area is 267 Å². The van der Waals surface area contributed by atoms with Gasteiger partial charge in [-0.1, -0.05) is 31.2 Å². The Balaban J connectivity index is 1.51. The first-order valence-corrected chi connectivity index (χ1v) is 17.1. The summed E-state index contributed by atoms with van der Waals surface area (Å²) < 4.78 is 70.2. The lowest BCUT2D eigenvalue weighted by molar-refractivity contribution is -0.137. The molecule has 5 rings (SSSR count). The zero-order valence-electron chi connectivity index (χ0n) is 25.9. The van der Waals surface area contributed by atoms with Crippen LogP contribution in [0.4, 0.5) is 18.9 Å². The molecule has 1 amide bonds. The molecule has 2 aliphatic heterocycles. The lowest BCUT2D eigenvalue weighted by Crippen LogP contribution is -2.49. The zero-order valence-corrected chi connectivity index (χ0v) is 26.7. The third-order valence-electron chi connectivity index (χ3n) is 9.29. The van der Waals surface area contributed by atoms with E-state index in [0.29, 0.717) is 43.9 Å². The molecule has 0 aliphatic carbocycles. The molecule has 0 aromatic heterocycles. The number of primary amides is 1. The average Bonchev–Trinajstić information content (AvgIpc) is 3.46. The van der Waals surface area contributed by atoms with E-state index in [4.69, 9.17) is 10.5 Å². The SMILES string of the molecule is CCS(=O)(=O)c1ccc(C(CO)c2cc(N3CC(c4ccc(C(F)(F)F)cc4)C[C@H]3CN3CCOC[C@H]3C)ccc2C(N)=O)cc1. The van der Waals surface area contributed by atoms with Crippen molar-refractivity contribution >= 4 is 21.4 Å². The third-order valence-corrected chi connectivity index (χ3v) is 11.0. The number of anilines is 1. The smallest absolute Gasteiger partial charge is 0.395 e. The molecular formula is C34H40F3N3O5S. The van der Waals surface area contributed by atoms with Gasteiger partial charge in [0.1, 0.15) is 0 Å². The molecule has 2 heterocycles. The number of nitrogens with two attached hydrogens (primary N) is 1. The van der Waals surface area contributed by atoms with Crippen LogP contribution in [-0.4, -0.2) is 81.6 Å². The second kappa shape index (κ2) is 13.7. The number of rotatable bonds is 10. The fourth-order valence-corrected chi connectivity index (χ4v) is 7.48. The first-order chi connectivity index (χ1) is 21.8. The highest BCUT2D eigenvalue weighted by Gasteiger charge is 2.37. The third kappa shape index (κ3) is 7.25. The molecule has 8 nitrogen and oxygen atoms in total. The van der Waals surface area contributed by atoms with Crippen LogP contribution in [0.5, 0.6) is 0 Å². The van der Waals surface area contributed by atoms with E-state index in [9.17, 15) is 31.5 Å². The monoisotopic (exact) mass is 659 g/mol. The fourth-order valence-electron chi connectivity index (χ4n) is 6.59. The minimum Gasteiger partial charge on any atom is -0.395 e. The highest BCUT2D eigenvalue weighted by atomic mass is 32.2. The quantitative estimate of drug-likeness (QED) is 0.322. The number of carbonyl (C=O) groups excluding carboxylic acids is 1. The van der Waals surface area contributed by atoms with Crippen LogP contribution in [0.1, 0.15) is 64.7 Å². The maximum Gasteiger partial charge on any atom is 0.416 e. The van der Waals surface area contributed by atoms with Gasteiger partial charge in [-0.15, -0.1) is 0 Å². The number of amides is 1. The molecule has 3 N–H and O–H groups in total. The number of nitrogens with zero attached hydrogens (tertiary/aromatic N) is 2. The van der Waals surface area contributed by atoms with Crippen molar-refractivity contribution in [1.82, 2.24) is 4.90 Å². The van der Waals surface area contributed by atoms with Crippen molar-refractivity contribution in [2.45, 2.75) is 55.3 Å². The van der Waals surface area contributed by atoms with Gasteiger partial charge in [0.2, 0.25) is 5.91 Å². The Hall–Kier alpha value is -3.45. The molecule has 0 radical (unpaired) electrons. The molecule has 0 spiro atoms. The summed E-state index contributed by atoms with van der Waals surface area (Å²) in [4.78, 5) is 17.3. The molecule has 2 unspecified atom stereocenters. The van der Waals surface area contributed by atoms with Crippen LogP contribution in [0, 0.1) is 0 Å². The highest BCUT2D eigenvalue weighted by molar-refractivity contribution is 7.91. The summed E-state index contributed by atoms with van der Waals surface area (Å²) in [6, 6.07) is 17.2. The van der Waals surface area contributed by atoms with Crippen molar-refractivity contribution in [3.8, 4) is 0 Å². The maximum absolute atomic E-state index is 13.3. The molecule has 0 saturated carbocycles. The number of carbonyl (C=O) groups is 1. The molecule has 2 aliphatic rings. The summed E-state index contributed by atoms with van der Waals surface area (Å²) in [5, 5.41) is 10.6. The van der Waals surface area contributed by atoms with Crippen LogP contribution in [0.25, 0.3) is 0 Å². The summed E-state index contributed by atoms with van der Waals surface area (Å²) >= 11 is 0. The van der Waals surface area contributed by atoms with Crippen molar-refractivity contribution in [2.75, 3.05) is 50.1 Å². The number of hydrogen-bond acceptors (Lipinski definition) is 7. The van der Waals surface area contributed by atoms with Crippen LogP contribution in [0.15, 0.2) is 71.6 Å². The van der Waals surface area contributed by atoms with Gasteiger partial charge in [0, 0.05) is 54.8 Å².